The van der Waals surface area contributed by atoms with Crippen molar-refractivity contribution in [1.29, 1.82) is 0 Å². The van der Waals surface area contributed by atoms with E-state index >= 15 is 0 Å². The number of likely N-dealkylation sites (N-methyl/N-ethyl adjacent to an activating group) is 1. The highest BCUT2D eigenvalue weighted by Crippen LogP contribution is 2.61. The molecular formula is C23H37NO. The van der Waals surface area contributed by atoms with Gasteiger partial charge < -0.3 is 9.64 Å². The van der Waals surface area contributed by atoms with Crippen LogP contribution in [0.15, 0.2) is 30.3 Å². The minimum atomic E-state index is 0.615. The summed E-state index contributed by atoms with van der Waals surface area (Å²) in [6.07, 6.45) is 7.96. The fourth-order valence-corrected chi connectivity index (χ4v) is 5.16. The molecule has 0 N–H and O–H groups in total. The molecule has 2 nitrogen and oxygen atoms in total. The third kappa shape index (κ3) is 4.86. The van der Waals surface area contributed by atoms with Crippen molar-refractivity contribution in [2.24, 2.45) is 23.2 Å². The zero-order valence-corrected chi connectivity index (χ0v) is 16.5. The highest BCUT2D eigenvalue weighted by molar-refractivity contribution is 5.14. The minimum Gasteiger partial charge on any atom is -0.381 e. The summed E-state index contributed by atoms with van der Waals surface area (Å²) in [7, 11) is 2.22. The van der Waals surface area contributed by atoms with Crippen LogP contribution in [0.3, 0.4) is 0 Å². The second-order valence-electron chi connectivity index (χ2n) is 8.99. The average molecular weight is 344 g/mol. The van der Waals surface area contributed by atoms with Gasteiger partial charge in [-0.1, -0.05) is 44.2 Å². The molecule has 25 heavy (non-hydrogen) atoms. The third-order valence-electron chi connectivity index (χ3n) is 7.09. The van der Waals surface area contributed by atoms with Gasteiger partial charge >= 0.3 is 0 Å². The second kappa shape index (κ2) is 8.68. The largest absolute Gasteiger partial charge is 0.381 e. The summed E-state index contributed by atoms with van der Waals surface area (Å²) in [6, 6.07) is 10.8. The van der Waals surface area contributed by atoms with Crippen LogP contribution in [0.25, 0.3) is 0 Å². The van der Waals surface area contributed by atoms with Gasteiger partial charge in [0.05, 0.1) is 0 Å². The third-order valence-corrected chi connectivity index (χ3v) is 7.09. The highest BCUT2D eigenvalue weighted by Gasteiger charge is 2.53. The Morgan fingerprint density at radius 1 is 1.08 bits per heavy atom. The Bertz CT molecular complexity index is 510. The maximum Gasteiger partial charge on any atom is 0.0478 e. The Morgan fingerprint density at radius 3 is 2.60 bits per heavy atom. The van der Waals surface area contributed by atoms with E-state index in [0.717, 1.165) is 56.9 Å². The van der Waals surface area contributed by atoms with E-state index < -0.39 is 0 Å². The molecular weight excluding hydrogens is 306 g/mol. The molecule has 0 heterocycles. The normalized spacial score (nSPS) is 27.3. The van der Waals surface area contributed by atoms with Gasteiger partial charge in [0.15, 0.2) is 0 Å². The number of benzene rings is 1. The van der Waals surface area contributed by atoms with E-state index in [2.05, 4.69) is 56.1 Å². The van der Waals surface area contributed by atoms with Crippen LogP contribution < -0.4 is 0 Å². The molecule has 4 rings (SSSR count). The molecule has 1 aromatic carbocycles. The quantitative estimate of drug-likeness (QED) is 0.552. The first-order chi connectivity index (χ1) is 12.1. The molecule has 1 aromatic rings. The Labute approximate surface area is 154 Å². The van der Waals surface area contributed by atoms with Gasteiger partial charge in [0.25, 0.3) is 0 Å². The molecule has 3 fully saturated rings. The maximum atomic E-state index is 5.96. The Kier molecular flexibility index (Phi) is 6.57. The standard InChI is InChI=1S/C23H37NO/c1-23(2)21-11-10-20(22(23)18-21)13-17-25-16-7-14-24(3)15-12-19-8-5-4-6-9-19/h4-6,8-9,20-22H,7,10-18H2,1-3H3/t20-,21-,22+/m0/s1. The zero-order valence-electron chi connectivity index (χ0n) is 16.5. The maximum absolute atomic E-state index is 5.96. The average Bonchev–Trinajstić information content (AvgIpc) is 2.63. The Balaban J connectivity index is 1.21. The first kappa shape index (κ1) is 18.9. The summed E-state index contributed by atoms with van der Waals surface area (Å²) < 4.78 is 5.96. The van der Waals surface area contributed by atoms with Crippen LogP contribution in [0, 0.1) is 23.2 Å². The van der Waals surface area contributed by atoms with E-state index in [0.29, 0.717) is 5.41 Å². The van der Waals surface area contributed by atoms with Crippen LogP contribution in [0.2, 0.25) is 0 Å². The first-order valence-electron chi connectivity index (χ1n) is 10.4. The predicted octanol–water partition coefficient (Wildman–Crippen LogP) is 5.03. The zero-order chi connectivity index (χ0) is 17.7. The first-order valence-corrected chi connectivity index (χ1v) is 10.4. The number of rotatable bonds is 10. The number of fused-ring (bicyclic) bond motifs is 2. The summed E-state index contributed by atoms with van der Waals surface area (Å²) in [4.78, 5) is 2.43. The molecule has 0 spiro atoms. The van der Waals surface area contributed by atoms with Crippen molar-refractivity contribution in [2.75, 3.05) is 33.4 Å². The number of hydrogen-bond acceptors (Lipinski definition) is 2. The van der Waals surface area contributed by atoms with Gasteiger partial charge in [0.1, 0.15) is 0 Å². The lowest BCUT2D eigenvalue weighted by molar-refractivity contribution is -0.111. The fourth-order valence-electron chi connectivity index (χ4n) is 5.16. The van der Waals surface area contributed by atoms with Crippen molar-refractivity contribution >= 4 is 0 Å². The van der Waals surface area contributed by atoms with Crippen LogP contribution in [0.5, 0.6) is 0 Å². The van der Waals surface area contributed by atoms with Crippen molar-refractivity contribution in [3.63, 3.8) is 0 Å². The summed E-state index contributed by atoms with van der Waals surface area (Å²) in [5.74, 6) is 2.91. The van der Waals surface area contributed by atoms with E-state index in [9.17, 15) is 0 Å². The van der Waals surface area contributed by atoms with E-state index in [1.54, 1.807) is 0 Å². The van der Waals surface area contributed by atoms with Crippen LogP contribution in [-0.2, 0) is 11.2 Å². The van der Waals surface area contributed by atoms with Crippen molar-refractivity contribution in [3.8, 4) is 0 Å². The van der Waals surface area contributed by atoms with Crippen LogP contribution in [0.1, 0.15) is 51.5 Å². The number of hydrogen-bond donors (Lipinski definition) is 0. The smallest absolute Gasteiger partial charge is 0.0478 e. The monoisotopic (exact) mass is 343 g/mol. The summed E-state index contributed by atoms with van der Waals surface area (Å²) in [5.41, 5.74) is 2.05. The minimum absolute atomic E-state index is 0.615. The molecule has 3 saturated carbocycles. The summed E-state index contributed by atoms with van der Waals surface area (Å²) >= 11 is 0. The molecule has 0 radical (unpaired) electrons. The van der Waals surface area contributed by atoms with E-state index in [1.807, 2.05) is 0 Å². The Hall–Kier alpha value is -0.860. The van der Waals surface area contributed by atoms with Crippen molar-refractivity contribution < 1.29 is 4.74 Å². The molecule has 3 aliphatic rings. The lowest BCUT2D eigenvalue weighted by atomic mass is 9.45. The molecule has 3 atom stereocenters. The SMILES string of the molecule is CN(CCCOCC[C@@H]1CC[C@H]2C[C@H]1C2(C)C)CCc1ccccc1. The van der Waals surface area contributed by atoms with Gasteiger partial charge in [-0.05, 0) is 74.3 Å². The van der Waals surface area contributed by atoms with Crippen LogP contribution in [-0.4, -0.2) is 38.3 Å². The van der Waals surface area contributed by atoms with Gasteiger partial charge in [-0.25, -0.2) is 0 Å². The molecule has 0 saturated heterocycles. The topological polar surface area (TPSA) is 12.5 Å². The van der Waals surface area contributed by atoms with Crippen molar-refractivity contribution in [2.45, 2.75) is 52.4 Å². The molecule has 0 aliphatic heterocycles. The summed E-state index contributed by atoms with van der Waals surface area (Å²) in [5, 5.41) is 0. The van der Waals surface area contributed by atoms with Crippen LogP contribution >= 0.6 is 0 Å². The van der Waals surface area contributed by atoms with Crippen LogP contribution in [0.4, 0.5) is 0 Å². The summed E-state index contributed by atoms with van der Waals surface area (Å²) in [6.45, 7) is 9.13. The van der Waals surface area contributed by atoms with Crippen molar-refractivity contribution in [1.82, 2.24) is 4.90 Å². The Morgan fingerprint density at radius 2 is 1.88 bits per heavy atom. The molecule has 3 aliphatic carbocycles. The van der Waals surface area contributed by atoms with Crippen molar-refractivity contribution in [3.05, 3.63) is 35.9 Å². The van der Waals surface area contributed by atoms with Gasteiger partial charge in [0.2, 0.25) is 0 Å². The number of ether oxygens (including phenoxy) is 1. The van der Waals surface area contributed by atoms with E-state index in [-0.39, 0.29) is 0 Å². The van der Waals surface area contributed by atoms with Gasteiger partial charge in [-0.15, -0.1) is 0 Å². The predicted molar refractivity (Wildman–Crippen MR) is 106 cm³/mol. The fraction of sp³-hybridized carbons (Fsp3) is 0.739. The number of nitrogens with zero attached hydrogens (tertiary/aromatic N) is 1. The van der Waals surface area contributed by atoms with Gasteiger partial charge in [-0.3, -0.25) is 0 Å². The molecule has 0 amide bonds. The lowest BCUT2D eigenvalue weighted by Crippen LogP contribution is -2.52. The lowest BCUT2D eigenvalue weighted by Gasteiger charge is -2.60. The van der Waals surface area contributed by atoms with Gasteiger partial charge in [0, 0.05) is 26.3 Å². The molecule has 2 heteroatoms. The molecule has 0 unspecified atom stereocenters. The highest BCUT2D eigenvalue weighted by atomic mass is 16.5. The molecule has 2 bridgehead atoms. The van der Waals surface area contributed by atoms with E-state index in [1.165, 1.54) is 31.2 Å². The van der Waals surface area contributed by atoms with E-state index in [4.69, 9.17) is 4.74 Å². The van der Waals surface area contributed by atoms with Gasteiger partial charge in [-0.2, -0.15) is 0 Å². The molecule has 140 valence electrons. The molecule has 0 aromatic heterocycles. The second-order valence-corrected chi connectivity index (χ2v) is 8.99.